The van der Waals surface area contributed by atoms with Crippen LogP contribution in [0.25, 0.3) is 11.0 Å². The number of benzene rings is 2. The first-order chi connectivity index (χ1) is 11.0. The third-order valence-corrected chi connectivity index (χ3v) is 3.71. The highest BCUT2D eigenvalue weighted by molar-refractivity contribution is 7.71. The average molecular weight is 334 g/mol. The molecule has 2 aromatic carbocycles. The lowest BCUT2D eigenvalue weighted by molar-refractivity contribution is -0.0498. The number of hydrogen-bond acceptors (Lipinski definition) is 3. The smallest absolute Gasteiger partial charge is 0.387 e. The van der Waals surface area contributed by atoms with Crippen molar-refractivity contribution in [2.45, 2.75) is 13.2 Å². The molecular formula is C16H12F2N2O2S. The molecule has 23 heavy (non-hydrogen) atoms. The van der Waals surface area contributed by atoms with E-state index in [-0.39, 0.29) is 18.1 Å². The van der Waals surface area contributed by atoms with Gasteiger partial charge < -0.3 is 14.3 Å². The lowest BCUT2D eigenvalue weighted by Gasteiger charge is -2.06. The van der Waals surface area contributed by atoms with E-state index in [9.17, 15) is 13.6 Å². The molecule has 0 bridgehead atoms. The van der Waals surface area contributed by atoms with Crippen molar-refractivity contribution in [1.29, 1.82) is 0 Å². The van der Waals surface area contributed by atoms with Gasteiger partial charge in [-0.15, -0.1) is 0 Å². The number of carbonyl (C=O) groups excluding carboxylic acids is 1. The monoisotopic (exact) mass is 334 g/mol. The fraction of sp³-hybridized carbons (Fsp3) is 0.125. The van der Waals surface area contributed by atoms with Gasteiger partial charge in [0.2, 0.25) is 0 Å². The predicted molar refractivity (Wildman–Crippen MR) is 84.5 cm³/mol. The molecule has 0 aliphatic rings. The van der Waals surface area contributed by atoms with E-state index in [1.54, 1.807) is 4.57 Å². The number of alkyl halides is 2. The van der Waals surface area contributed by atoms with Crippen LogP contribution in [0.2, 0.25) is 0 Å². The number of Topliss-reactive ketones (excluding diaryl/α,β-unsaturated/α-hetero) is 1. The number of ketones is 1. The quantitative estimate of drug-likeness (QED) is 0.562. The van der Waals surface area contributed by atoms with Crippen LogP contribution < -0.4 is 4.74 Å². The van der Waals surface area contributed by atoms with E-state index >= 15 is 0 Å². The lowest BCUT2D eigenvalue weighted by atomic mass is 10.1. The number of halogens is 2. The van der Waals surface area contributed by atoms with Crippen molar-refractivity contribution >= 4 is 29.0 Å². The van der Waals surface area contributed by atoms with Gasteiger partial charge in [0.1, 0.15) is 5.75 Å². The first-order valence-electron chi connectivity index (χ1n) is 6.80. The van der Waals surface area contributed by atoms with Gasteiger partial charge in [0, 0.05) is 5.56 Å². The minimum absolute atomic E-state index is 0.0141. The molecule has 0 atom stereocenters. The standard InChI is InChI=1S/C16H12F2N2O2S/c17-15(18)22-11-7-5-10(6-8-11)14(21)9-20-13-4-2-1-3-12(13)19-16(20)23/h1-8,15H,9H2,(H,19,23). The number of nitrogens with one attached hydrogen (secondary N) is 1. The van der Waals surface area contributed by atoms with Crippen molar-refractivity contribution in [2.75, 3.05) is 0 Å². The van der Waals surface area contributed by atoms with Crippen LogP contribution in [0.1, 0.15) is 10.4 Å². The molecule has 0 unspecified atom stereocenters. The summed E-state index contributed by atoms with van der Waals surface area (Å²) in [5.74, 6) is -0.158. The van der Waals surface area contributed by atoms with Crippen molar-refractivity contribution in [3.8, 4) is 5.75 Å². The molecule has 0 aliphatic carbocycles. The van der Waals surface area contributed by atoms with Crippen LogP contribution in [0.15, 0.2) is 48.5 Å². The summed E-state index contributed by atoms with van der Waals surface area (Å²) in [6.45, 7) is -2.82. The number of imidazole rings is 1. The number of para-hydroxylation sites is 2. The maximum atomic E-state index is 12.4. The Balaban J connectivity index is 1.83. The topological polar surface area (TPSA) is 47.0 Å². The summed E-state index contributed by atoms with van der Waals surface area (Å²) in [6.07, 6.45) is 0. The Morgan fingerprint density at radius 3 is 2.57 bits per heavy atom. The summed E-state index contributed by atoms with van der Waals surface area (Å²) in [4.78, 5) is 15.4. The molecular weight excluding hydrogens is 322 g/mol. The minimum Gasteiger partial charge on any atom is -0.435 e. The van der Waals surface area contributed by atoms with Crippen molar-refractivity contribution in [3.63, 3.8) is 0 Å². The zero-order valence-corrected chi connectivity index (χ0v) is 12.6. The van der Waals surface area contributed by atoms with Gasteiger partial charge in [-0.25, -0.2) is 0 Å². The van der Waals surface area contributed by atoms with Crippen molar-refractivity contribution in [3.05, 3.63) is 58.9 Å². The van der Waals surface area contributed by atoms with E-state index in [0.717, 1.165) is 11.0 Å². The van der Waals surface area contributed by atoms with Crippen LogP contribution in [-0.4, -0.2) is 21.9 Å². The molecule has 1 N–H and O–H groups in total. The summed E-state index contributed by atoms with van der Waals surface area (Å²) >= 11 is 5.24. The Hall–Kier alpha value is -2.54. The summed E-state index contributed by atoms with van der Waals surface area (Å²) in [5, 5.41) is 0. The van der Waals surface area contributed by atoms with Crippen LogP contribution in [0.5, 0.6) is 5.75 Å². The normalized spacial score (nSPS) is 11.1. The first-order valence-corrected chi connectivity index (χ1v) is 7.21. The molecule has 1 heterocycles. The number of aromatic nitrogens is 2. The van der Waals surface area contributed by atoms with E-state index in [1.807, 2.05) is 24.3 Å². The highest BCUT2D eigenvalue weighted by Crippen LogP contribution is 2.17. The van der Waals surface area contributed by atoms with Gasteiger partial charge in [-0.3, -0.25) is 4.79 Å². The zero-order valence-electron chi connectivity index (χ0n) is 11.8. The fourth-order valence-corrected chi connectivity index (χ4v) is 2.59. The van der Waals surface area contributed by atoms with Crippen LogP contribution in [0.4, 0.5) is 8.78 Å². The molecule has 118 valence electrons. The first kappa shape index (κ1) is 15.4. The number of fused-ring (bicyclic) bond motifs is 1. The Morgan fingerprint density at radius 2 is 1.87 bits per heavy atom. The van der Waals surface area contributed by atoms with Gasteiger partial charge in [0.25, 0.3) is 0 Å². The van der Waals surface area contributed by atoms with Gasteiger partial charge in [-0.1, -0.05) is 12.1 Å². The Kier molecular flexibility index (Phi) is 4.20. The molecule has 0 spiro atoms. The number of carbonyl (C=O) groups is 1. The molecule has 3 rings (SSSR count). The van der Waals surface area contributed by atoms with Gasteiger partial charge in [-0.2, -0.15) is 8.78 Å². The van der Waals surface area contributed by atoms with Crippen molar-refractivity contribution < 1.29 is 18.3 Å². The number of hydrogen-bond donors (Lipinski definition) is 1. The average Bonchev–Trinajstić information content (AvgIpc) is 2.83. The molecule has 1 aromatic heterocycles. The van der Waals surface area contributed by atoms with E-state index < -0.39 is 6.61 Å². The molecule has 0 amide bonds. The maximum Gasteiger partial charge on any atom is 0.387 e. The molecule has 0 saturated heterocycles. The molecule has 0 aliphatic heterocycles. The Morgan fingerprint density at radius 1 is 1.17 bits per heavy atom. The number of nitrogens with zero attached hydrogens (tertiary/aromatic N) is 1. The lowest BCUT2D eigenvalue weighted by Crippen LogP contribution is -2.10. The van der Waals surface area contributed by atoms with Crippen LogP contribution in [0.3, 0.4) is 0 Å². The third kappa shape index (κ3) is 3.29. The molecule has 0 fully saturated rings. The molecule has 7 heteroatoms. The zero-order chi connectivity index (χ0) is 16.4. The van der Waals surface area contributed by atoms with Crippen molar-refractivity contribution in [1.82, 2.24) is 9.55 Å². The van der Waals surface area contributed by atoms with E-state index in [2.05, 4.69) is 9.72 Å². The van der Waals surface area contributed by atoms with Crippen molar-refractivity contribution in [2.24, 2.45) is 0 Å². The predicted octanol–water partition coefficient (Wildman–Crippen LogP) is 4.18. The van der Waals surface area contributed by atoms with E-state index in [0.29, 0.717) is 10.3 Å². The van der Waals surface area contributed by atoms with Crippen LogP contribution in [0, 0.1) is 4.77 Å². The largest absolute Gasteiger partial charge is 0.435 e. The summed E-state index contributed by atoms with van der Waals surface area (Å²) in [7, 11) is 0. The Labute approximate surface area is 135 Å². The molecule has 4 nitrogen and oxygen atoms in total. The molecule has 0 radical (unpaired) electrons. The second kappa shape index (κ2) is 6.29. The summed E-state index contributed by atoms with van der Waals surface area (Å²) in [5.41, 5.74) is 2.09. The minimum atomic E-state index is -2.89. The highest BCUT2D eigenvalue weighted by atomic mass is 32.1. The van der Waals surface area contributed by atoms with Gasteiger partial charge >= 0.3 is 6.61 Å². The van der Waals surface area contributed by atoms with E-state index in [4.69, 9.17) is 12.2 Å². The molecule has 0 saturated carbocycles. The summed E-state index contributed by atoms with van der Waals surface area (Å²) in [6, 6.07) is 13.1. The third-order valence-electron chi connectivity index (χ3n) is 3.38. The molecule has 3 aromatic rings. The highest BCUT2D eigenvalue weighted by Gasteiger charge is 2.11. The van der Waals surface area contributed by atoms with Crippen LogP contribution >= 0.6 is 12.2 Å². The Bertz CT molecular complexity index is 900. The fourth-order valence-electron chi connectivity index (χ4n) is 2.32. The second-order valence-corrected chi connectivity index (χ2v) is 5.25. The maximum absolute atomic E-state index is 12.4. The number of rotatable bonds is 5. The number of H-pyrrole nitrogens is 1. The second-order valence-electron chi connectivity index (χ2n) is 4.86. The number of aromatic amines is 1. The summed E-state index contributed by atoms with van der Waals surface area (Å²) < 4.78 is 30.7. The van der Waals surface area contributed by atoms with E-state index in [1.165, 1.54) is 24.3 Å². The van der Waals surface area contributed by atoms with Crippen LogP contribution in [-0.2, 0) is 6.54 Å². The number of ether oxygens (including phenoxy) is 1. The van der Waals surface area contributed by atoms with Gasteiger partial charge in [-0.05, 0) is 48.6 Å². The van der Waals surface area contributed by atoms with Gasteiger partial charge in [0.05, 0.1) is 17.6 Å². The van der Waals surface area contributed by atoms with Gasteiger partial charge in [0.15, 0.2) is 10.6 Å². The SMILES string of the molecule is O=C(Cn1c(=S)[nH]c2ccccc21)c1ccc(OC(F)F)cc1.